The maximum Gasteiger partial charge on any atom is 0.143 e. The Kier molecular flexibility index (Phi) is 3.92. The molecule has 11 aromatic rings. The molecule has 0 saturated carbocycles. The normalized spacial score (nSPS) is 20.3. The van der Waals surface area contributed by atoms with Crippen LogP contribution in [-0.4, -0.2) is 0 Å². The van der Waals surface area contributed by atoms with Crippen LogP contribution >= 0.6 is 0 Å². The minimum absolute atomic E-state index is 0.105. The second kappa shape index (κ2) is 15.1. The third-order valence-corrected chi connectivity index (χ3v) is 11.7. The lowest BCUT2D eigenvalue weighted by atomic mass is 9.66. The van der Waals surface area contributed by atoms with E-state index in [1.54, 1.807) is 0 Å². The fourth-order valence-electron chi connectivity index (χ4n) is 9.23. The summed E-state index contributed by atoms with van der Waals surface area (Å²) in [5.41, 5.74) is -16.1. The van der Waals surface area contributed by atoms with E-state index in [4.69, 9.17) is 29.1 Å². The van der Waals surface area contributed by atoms with Crippen LogP contribution in [0, 0.1) is 27.7 Å². The molecular formula is C63H47NO. The van der Waals surface area contributed by atoms with E-state index in [0.717, 1.165) is 11.8 Å². The van der Waals surface area contributed by atoms with E-state index < -0.39 is 317 Å². The minimum atomic E-state index is -3.27. The molecule has 0 spiro atoms. The van der Waals surface area contributed by atoms with E-state index in [1.807, 2.05) is 0 Å². The minimum Gasteiger partial charge on any atom is -0.455 e. The molecule has 12 rings (SSSR count). The average Bonchev–Trinajstić information content (AvgIpc) is 1.47. The molecule has 0 atom stereocenters. The third-order valence-electron chi connectivity index (χ3n) is 11.7. The zero-order chi connectivity index (χ0) is 74.3. The van der Waals surface area contributed by atoms with Gasteiger partial charge in [0.1, 0.15) is 11.2 Å². The number of hydrogen-bond acceptors (Lipinski definition) is 2. The summed E-state index contributed by atoms with van der Waals surface area (Å²) in [5.74, 6) is 0. The van der Waals surface area contributed by atoms with Gasteiger partial charge in [-0.3, -0.25) is 0 Å². The van der Waals surface area contributed by atoms with Gasteiger partial charge >= 0.3 is 0 Å². The van der Waals surface area contributed by atoms with Gasteiger partial charge in [0.05, 0.1) is 70.5 Å². The summed E-state index contributed by atoms with van der Waals surface area (Å²) in [5, 5.41) is -1.33. The first-order valence-electron chi connectivity index (χ1n) is 37.3. The molecule has 0 fully saturated rings. The van der Waals surface area contributed by atoms with Gasteiger partial charge in [-0.1, -0.05) is 187 Å². The first-order valence-corrected chi connectivity index (χ1v) is 19.8. The van der Waals surface area contributed by atoms with E-state index in [1.165, 1.54) is 20.8 Å². The van der Waals surface area contributed by atoms with Crippen molar-refractivity contribution < 1.29 is 52.4 Å². The Labute approximate surface area is 429 Å². The van der Waals surface area contributed by atoms with Crippen LogP contribution in [0.15, 0.2) is 216 Å². The highest BCUT2D eigenvalue weighted by atomic mass is 16.3. The topological polar surface area (TPSA) is 16.4 Å². The first kappa shape index (κ1) is 16.9. The lowest BCUT2D eigenvalue weighted by molar-refractivity contribution is 0.672. The molecular weight excluding hydrogens is 787 g/mol. The van der Waals surface area contributed by atoms with Gasteiger partial charge in [0.2, 0.25) is 0 Å². The van der Waals surface area contributed by atoms with Crippen LogP contribution < -0.4 is 4.90 Å². The molecule has 0 N–H and O–H groups in total. The standard InChI is InChI=1S/C63H47NO/c1-40-37-48(39-56-57(40)59-42(3)58(45-25-11-6-12-26-45)51-33-17-18-34-52(51)62(59)65-56)64(55-36-22-20-31-49(55)44-23-9-5-10-24-44)61-41(2)38-53-50-32-19-21-35-54(50)63(60(53)43(61)4,46-27-13-7-14-28-46)47-29-15-8-16-30-47/h5-39H,1-4H3/i5D,6D,7D,8D,9D,10D,11D,12D,13D,14D,15D,16D,17D,18D,19D,20D,21D,22D,23D,24D,25D,26D,27D,28D,29D,30D,31D,32D,33D,34D,35D,36D,37D,38D,39D. The van der Waals surface area contributed by atoms with Crippen LogP contribution in [0.25, 0.3) is 66.1 Å². The molecule has 1 aliphatic rings. The molecule has 2 nitrogen and oxygen atoms in total. The summed E-state index contributed by atoms with van der Waals surface area (Å²) in [6.45, 7) is 4.95. The number of anilines is 3. The number of aryl methyl sites for hydroxylation is 2. The molecule has 1 aliphatic carbocycles. The summed E-state index contributed by atoms with van der Waals surface area (Å²) < 4.78 is 334. The predicted molar refractivity (Wildman–Crippen MR) is 273 cm³/mol. The van der Waals surface area contributed by atoms with Gasteiger partial charge in [-0.2, -0.15) is 0 Å². The SMILES string of the molecule is [2H]c1c([2H])c([2H])c(-c2c([2H])c([2H])c([2H])c([2H])c2N(c2c(C)c([2H])c3c(c2C)C(c2c([2H])c([2H])c([2H])c([2H])c2[2H])(c2c([2H])c([2H])c([2H])c([2H])c2[2H])c2c([2H])c([2H])c([2H])c([2H])c2-3)c2c([2H])c(C)c3c(oc4c5c([2H])c([2H])c([2H])c([2H])c5c(-c5c([2H])c([2H])c([2H])c([2H])c5[2H])c(C)c43)c2[2H])c([2H])c1[2H]. The Balaban J connectivity index is 1.41. The van der Waals surface area contributed by atoms with Gasteiger partial charge in [-0.05, 0) is 124 Å². The van der Waals surface area contributed by atoms with Gasteiger partial charge in [0.15, 0.2) is 0 Å². The van der Waals surface area contributed by atoms with Gasteiger partial charge < -0.3 is 9.32 Å². The fourth-order valence-corrected chi connectivity index (χ4v) is 9.23. The molecule has 1 heterocycles. The zero-order valence-corrected chi connectivity index (χ0v) is 34.4. The molecule has 0 aliphatic heterocycles. The van der Waals surface area contributed by atoms with Crippen LogP contribution in [0.3, 0.4) is 0 Å². The number of rotatable bonds is 7. The lowest BCUT2D eigenvalue weighted by Gasteiger charge is -2.37. The van der Waals surface area contributed by atoms with Crippen molar-refractivity contribution in [3.8, 4) is 33.4 Å². The van der Waals surface area contributed by atoms with Crippen molar-refractivity contribution in [2.75, 3.05) is 4.90 Å². The third kappa shape index (κ3) is 5.73. The second-order valence-electron chi connectivity index (χ2n) is 15.0. The number of furan rings is 1. The summed E-state index contributed by atoms with van der Waals surface area (Å²) in [6.07, 6.45) is 0. The molecule has 0 saturated heterocycles. The van der Waals surface area contributed by atoms with Crippen molar-refractivity contribution in [1.82, 2.24) is 0 Å². The van der Waals surface area contributed by atoms with E-state index in [9.17, 15) is 23.3 Å². The van der Waals surface area contributed by atoms with Crippen molar-refractivity contribution in [2.24, 2.45) is 0 Å². The van der Waals surface area contributed by atoms with E-state index >= 15 is 0 Å². The maximum absolute atomic E-state index is 10.6. The van der Waals surface area contributed by atoms with Crippen molar-refractivity contribution in [2.45, 2.75) is 33.1 Å². The Bertz CT molecular complexity index is 5550. The molecule has 0 unspecified atom stereocenters. The van der Waals surface area contributed by atoms with Gasteiger partial charge in [-0.25, -0.2) is 0 Å². The highest BCUT2D eigenvalue weighted by Crippen LogP contribution is 2.60. The number of benzene rings is 10. The molecule has 0 radical (unpaired) electrons. The maximum atomic E-state index is 10.6. The number of nitrogens with zero attached hydrogens (tertiary/aromatic N) is 1. The van der Waals surface area contributed by atoms with E-state index in [2.05, 4.69) is 0 Å². The quantitative estimate of drug-likeness (QED) is 0.159. The largest absolute Gasteiger partial charge is 0.455 e. The lowest BCUT2D eigenvalue weighted by Crippen LogP contribution is -2.30. The first-order chi connectivity index (χ1) is 46.5. The van der Waals surface area contributed by atoms with Crippen molar-refractivity contribution in [3.05, 3.63) is 256 Å². The molecule has 65 heavy (non-hydrogen) atoms. The molecule has 310 valence electrons. The van der Waals surface area contributed by atoms with Crippen LogP contribution in [0.2, 0.25) is 0 Å². The van der Waals surface area contributed by atoms with Gasteiger partial charge in [0, 0.05) is 27.8 Å². The number of fused-ring (bicyclic) bond motifs is 8. The second-order valence-corrected chi connectivity index (χ2v) is 15.0. The summed E-state index contributed by atoms with van der Waals surface area (Å²) in [4.78, 5) is 0.739. The Morgan fingerprint density at radius 1 is 0.462 bits per heavy atom. The fraction of sp³-hybridized carbons (Fsp3) is 0.0794. The molecule has 1 aromatic heterocycles. The van der Waals surface area contributed by atoms with E-state index in [-0.39, 0.29) is 27.5 Å². The van der Waals surface area contributed by atoms with Crippen LogP contribution in [0.1, 0.15) is 92.5 Å². The molecule has 10 aromatic carbocycles. The van der Waals surface area contributed by atoms with Gasteiger partial charge in [-0.15, -0.1) is 0 Å². The van der Waals surface area contributed by atoms with Gasteiger partial charge in [0.25, 0.3) is 0 Å². The highest BCUT2D eigenvalue weighted by molar-refractivity contribution is 6.22. The molecule has 0 bridgehead atoms. The highest BCUT2D eigenvalue weighted by Gasteiger charge is 2.48. The molecule has 2 heteroatoms. The molecule has 0 amide bonds. The van der Waals surface area contributed by atoms with Crippen LogP contribution in [-0.2, 0) is 5.41 Å². The average molecular weight is 869 g/mol. The van der Waals surface area contributed by atoms with Crippen molar-refractivity contribution in [3.63, 3.8) is 0 Å². The van der Waals surface area contributed by atoms with E-state index in [0.29, 0.717) is 0 Å². The Morgan fingerprint density at radius 3 is 1.69 bits per heavy atom. The Hall–Kier alpha value is -7.94. The van der Waals surface area contributed by atoms with Crippen molar-refractivity contribution >= 4 is 49.8 Å². The summed E-state index contributed by atoms with van der Waals surface area (Å²) in [7, 11) is 0. The monoisotopic (exact) mass is 869 g/mol. The predicted octanol–water partition coefficient (Wildman–Crippen LogP) is 17.1. The van der Waals surface area contributed by atoms with Crippen molar-refractivity contribution in [1.29, 1.82) is 0 Å². The zero-order valence-electron chi connectivity index (χ0n) is 69.4. The number of hydrogen-bond donors (Lipinski definition) is 0. The number of para-hydroxylation sites is 1. The van der Waals surface area contributed by atoms with Crippen LogP contribution in [0.5, 0.6) is 0 Å². The summed E-state index contributed by atoms with van der Waals surface area (Å²) >= 11 is 0. The smallest absolute Gasteiger partial charge is 0.143 e. The van der Waals surface area contributed by atoms with Crippen LogP contribution in [0.4, 0.5) is 17.1 Å². The Morgan fingerprint density at radius 2 is 1.02 bits per heavy atom. The summed E-state index contributed by atoms with van der Waals surface area (Å²) in [6, 6.07) is -35.6.